The van der Waals surface area contributed by atoms with E-state index in [9.17, 15) is 9.90 Å². The van der Waals surface area contributed by atoms with Gasteiger partial charge in [-0.3, -0.25) is 0 Å². The first kappa shape index (κ1) is 18.7. The molecule has 3 aromatic carbocycles. The molecule has 30 heavy (non-hydrogen) atoms. The quantitative estimate of drug-likeness (QED) is 0.636. The van der Waals surface area contributed by atoms with E-state index in [2.05, 4.69) is 43.3 Å². The standard InChI is InChI=1S/C26H25NO3/c1-17-15-27(13-12-18-10-11-19(28)14-24(17)18)26(29)30-16-25-22-8-4-2-6-20(22)21-7-3-5-9-23(21)25/h2-11,14,17,25,28H,12-13,15-16H2,1H3. The first-order valence-corrected chi connectivity index (χ1v) is 10.5. The molecular formula is C26H25NO3. The summed E-state index contributed by atoms with van der Waals surface area (Å²) in [4.78, 5) is 14.7. The van der Waals surface area contributed by atoms with E-state index in [1.165, 1.54) is 27.8 Å². The molecule has 0 saturated heterocycles. The van der Waals surface area contributed by atoms with Crippen molar-refractivity contribution in [3.63, 3.8) is 0 Å². The summed E-state index contributed by atoms with van der Waals surface area (Å²) in [5.41, 5.74) is 7.20. The van der Waals surface area contributed by atoms with Crippen LogP contribution in [0.15, 0.2) is 66.7 Å². The molecule has 0 fully saturated rings. The van der Waals surface area contributed by atoms with Gasteiger partial charge in [-0.05, 0) is 57.9 Å². The Morgan fingerprint density at radius 2 is 1.67 bits per heavy atom. The molecule has 1 atom stereocenters. The zero-order valence-corrected chi connectivity index (χ0v) is 17.0. The fraction of sp³-hybridized carbons (Fsp3) is 0.269. The average Bonchev–Trinajstić information content (AvgIpc) is 2.99. The lowest BCUT2D eigenvalue weighted by atomic mass is 9.95. The Morgan fingerprint density at radius 3 is 2.37 bits per heavy atom. The van der Waals surface area contributed by atoms with Gasteiger partial charge in [0.1, 0.15) is 12.4 Å². The highest BCUT2D eigenvalue weighted by atomic mass is 16.6. The molecule has 0 radical (unpaired) electrons. The monoisotopic (exact) mass is 399 g/mol. The van der Waals surface area contributed by atoms with Crippen LogP contribution in [0.1, 0.15) is 41.0 Å². The largest absolute Gasteiger partial charge is 0.508 e. The number of carbonyl (C=O) groups is 1. The van der Waals surface area contributed by atoms with Crippen LogP contribution in [0, 0.1) is 0 Å². The van der Waals surface area contributed by atoms with Crippen LogP contribution in [0.3, 0.4) is 0 Å². The van der Waals surface area contributed by atoms with Crippen LogP contribution in [-0.4, -0.2) is 35.8 Å². The van der Waals surface area contributed by atoms with Crippen molar-refractivity contribution in [1.29, 1.82) is 0 Å². The molecule has 1 aliphatic carbocycles. The van der Waals surface area contributed by atoms with Crippen LogP contribution in [0.2, 0.25) is 0 Å². The molecule has 0 aromatic heterocycles. The molecule has 2 aliphatic rings. The van der Waals surface area contributed by atoms with Crippen LogP contribution >= 0.6 is 0 Å². The summed E-state index contributed by atoms with van der Waals surface area (Å²) in [5, 5.41) is 9.83. The van der Waals surface area contributed by atoms with E-state index in [4.69, 9.17) is 4.74 Å². The van der Waals surface area contributed by atoms with Gasteiger partial charge < -0.3 is 14.7 Å². The molecule has 4 heteroatoms. The zero-order valence-electron chi connectivity index (χ0n) is 17.0. The van der Waals surface area contributed by atoms with Gasteiger partial charge >= 0.3 is 6.09 Å². The van der Waals surface area contributed by atoms with E-state index in [-0.39, 0.29) is 23.7 Å². The maximum Gasteiger partial charge on any atom is 0.409 e. The van der Waals surface area contributed by atoms with Crippen LogP contribution in [0.4, 0.5) is 4.79 Å². The van der Waals surface area contributed by atoms with Crippen molar-refractivity contribution >= 4 is 6.09 Å². The summed E-state index contributed by atoms with van der Waals surface area (Å²) in [6.07, 6.45) is 0.505. The molecule has 1 amide bonds. The van der Waals surface area contributed by atoms with Gasteiger partial charge in [0.25, 0.3) is 0 Å². The number of nitrogens with zero attached hydrogens (tertiary/aromatic N) is 1. The van der Waals surface area contributed by atoms with Gasteiger partial charge in [0, 0.05) is 19.0 Å². The maximum absolute atomic E-state index is 12.9. The van der Waals surface area contributed by atoms with Gasteiger partial charge in [-0.15, -0.1) is 0 Å². The number of phenolic OH excluding ortho intramolecular Hbond substituents is 1. The third kappa shape index (κ3) is 3.22. The van der Waals surface area contributed by atoms with Gasteiger partial charge in [-0.2, -0.15) is 0 Å². The normalized spacial score (nSPS) is 17.6. The van der Waals surface area contributed by atoms with Crippen LogP contribution < -0.4 is 0 Å². The second-order valence-corrected chi connectivity index (χ2v) is 8.28. The minimum atomic E-state index is -0.263. The van der Waals surface area contributed by atoms with Crippen LogP contribution in [0.5, 0.6) is 5.75 Å². The lowest BCUT2D eigenvalue weighted by Gasteiger charge is -2.24. The third-order valence-corrected chi connectivity index (χ3v) is 6.40. The van der Waals surface area contributed by atoms with Crippen LogP contribution in [0.25, 0.3) is 11.1 Å². The summed E-state index contributed by atoms with van der Waals surface area (Å²) >= 11 is 0. The Balaban J connectivity index is 1.31. The summed E-state index contributed by atoms with van der Waals surface area (Å²) in [5.74, 6) is 0.491. The van der Waals surface area contributed by atoms with Gasteiger partial charge in [-0.1, -0.05) is 61.5 Å². The summed E-state index contributed by atoms with van der Waals surface area (Å²) < 4.78 is 5.84. The van der Waals surface area contributed by atoms with E-state index in [1.54, 1.807) is 11.0 Å². The molecule has 5 rings (SSSR count). The molecule has 1 heterocycles. The average molecular weight is 399 g/mol. The van der Waals surface area contributed by atoms with E-state index < -0.39 is 0 Å². The zero-order chi connectivity index (χ0) is 20.7. The number of rotatable bonds is 2. The number of phenols is 1. The fourth-order valence-corrected chi connectivity index (χ4v) is 4.90. The number of carbonyl (C=O) groups excluding carboxylic acids is 1. The molecule has 3 aromatic rings. The van der Waals surface area contributed by atoms with Gasteiger partial charge in [0.05, 0.1) is 0 Å². The van der Waals surface area contributed by atoms with Gasteiger partial charge in [0.15, 0.2) is 0 Å². The second-order valence-electron chi connectivity index (χ2n) is 8.28. The lowest BCUT2D eigenvalue weighted by molar-refractivity contribution is 0.0993. The van der Waals surface area contributed by atoms with Gasteiger partial charge in [-0.25, -0.2) is 4.79 Å². The smallest absolute Gasteiger partial charge is 0.409 e. The molecule has 0 bridgehead atoms. The van der Waals surface area contributed by atoms with E-state index >= 15 is 0 Å². The molecule has 4 nitrogen and oxygen atoms in total. The van der Waals surface area contributed by atoms with Gasteiger partial charge in [0.2, 0.25) is 0 Å². The molecule has 0 saturated carbocycles. The highest BCUT2D eigenvalue weighted by Crippen LogP contribution is 2.44. The third-order valence-electron chi connectivity index (χ3n) is 6.40. The van der Waals surface area contributed by atoms with Crippen LogP contribution in [-0.2, 0) is 11.2 Å². The Labute approximate surface area is 176 Å². The number of aromatic hydroxyl groups is 1. The number of amides is 1. The lowest BCUT2D eigenvalue weighted by Crippen LogP contribution is -2.35. The Kier molecular flexibility index (Phi) is 4.70. The summed E-state index contributed by atoms with van der Waals surface area (Å²) in [6.45, 7) is 3.64. The van der Waals surface area contributed by atoms with Crippen molar-refractivity contribution in [3.05, 3.63) is 89.0 Å². The number of ether oxygens (including phenoxy) is 1. The number of hydrogen-bond donors (Lipinski definition) is 1. The minimum absolute atomic E-state index is 0.0693. The highest BCUT2D eigenvalue weighted by Gasteiger charge is 2.30. The molecular weight excluding hydrogens is 374 g/mol. The molecule has 1 N–H and O–H groups in total. The summed E-state index contributed by atoms with van der Waals surface area (Å²) in [6, 6.07) is 22.2. The molecule has 152 valence electrons. The van der Waals surface area contributed by atoms with Crippen molar-refractivity contribution in [2.75, 3.05) is 19.7 Å². The molecule has 1 unspecified atom stereocenters. The predicted molar refractivity (Wildman–Crippen MR) is 117 cm³/mol. The predicted octanol–water partition coefficient (Wildman–Crippen LogP) is 5.30. The van der Waals surface area contributed by atoms with Crippen molar-refractivity contribution in [2.45, 2.75) is 25.2 Å². The van der Waals surface area contributed by atoms with E-state index in [0.29, 0.717) is 19.7 Å². The second kappa shape index (κ2) is 7.52. The summed E-state index contributed by atoms with van der Waals surface area (Å²) in [7, 11) is 0. The molecule has 1 aliphatic heterocycles. The first-order valence-electron chi connectivity index (χ1n) is 10.5. The molecule has 0 spiro atoms. The Hall–Kier alpha value is -3.27. The van der Waals surface area contributed by atoms with E-state index in [0.717, 1.165) is 12.0 Å². The number of fused-ring (bicyclic) bond motifs is 4. The Bertz CT molecular complexity index is 1060. The SMILES string of the molecule is CC1CN(C(=O)OCC2c3ccccc3-c3ccccc32)CCc2ccc(O)cc21. The van der Waals surface area contributed by atoms with Crippen molar-refractivity contribution < 1.29 is 14.6 Å². The highest BCUT2D eigenvalue weighted by molar-refractivity contribution is 5.79. The minimum Gasteiger partial charge on any atom is -0.508 e. The first-order chi connectivity index (χ1) is 14.6. The number of hydrogen-bond acceptors (Lipinski definition) is 3. The maximum atomic E-state index is 12.9. The van der Waals surface area contributed by atoms with E-state index in [1.807, 2.05) is 24.3 Å². The van der Waals surface area contributed by atoms with Crippen molar-refractivity contribution in [3.8, 4) is 16.9 Å². The number of benzene rings is 3. The fourth-order valence-electron chi connectivity index (χ4n) is 4.90. The van der Waals surface area contributed by atoms with Crippen molar-refractivity contribution in [2.24, 2.45) is 0 Å². The van der Waals surface area contributed by atoms with Crippen molar-refractivity contribution in [1.82, 2.24) is 4.90 Å². The topological polar surface area (TPSA) is 49.8 Å². The Morgan fingerprint density at radius 1 is 1.00 bits per heavy atom.